The summed E-state index contributed by atoms with van der Waals surface area (Å²) in [5.41, 5.74) is 4.46. The molecule has 1 N–H and O–H groups in total. The Morgan fingerprint density at radius 3 is 2.46 bits per heavy atom. The van der Waals surface area contributed by atoms with E-state index < -0.39 is 17.9 Å². The molecule has 5 aromatic rings. The number of aryl methyl sites for hydroxylation is 1. The molecular weight excluding hydrogens is 472 g/mol. The topological polar surface area (TPSA) is 55.1 Å². The van der Waals surface area contributed by atoms with Gasteiger partial charge in [0.25, 0.3) is 0 Å². The van der Waals surface area contributed by atoms with E-state index in [4.69, 9.17) is 5.10 Å². The largest absolute Gasteiger partial charge is 0.322 e. The number of para-hydroxylation sites is 1. The average molecular weight is 496 g/mol. The minimum Gasteiger partial charge on any atom is -0.308 e. The van der Waals surface area contributed by atoms with Crippen molar-refractivity contribution in [1.29, 1.82) is 0 Å². The van der Waals surface area contributed by atoms with Gasteiger partial charge >= 0.3 is 6.03 Å². The highest BCUT2D eigenvalue weighted by molar-refractivity contribution is 5.90. The Balaban J connectivity index is 1.53. The first kappa shape index (κ1) is 22.7. The number of aromatic nitrogens is 3. The van der Waals surface area contributed by atoms with Crippen LogP contribution in [0.1, 0.15) is 28.6 Å². The van der Waals surface area contributed by atoms with Crippen LogP contribution in [0.3, 0.4) is 0 Å². The van der Waals surface area contributed by atoms with Crippen molar-refractivity contribution in [1.82, 2.24) is 19.2 Å². The molecule has 0 unspecified atom stereocenters. The Morgan fingerprint density at radius 2 is 1.70 bits per heavy atom. The third-order valence-electron chi connectivity index (χ3n) is 6.61. The van der Waals surface area contributed by atoms with Gasteiger partial charge in [0.05, 0.1) is 29.7 Å². The van der Waals surface area contributed by atoms with Gasteiger partial charge in [-0.1, -0.05) is 36.4 Å². The van der Waals surface area contributed by atoms with Gasteiger partial charge in [-0.2, -0.15) is 5.10 Å². The fourth-order valence-electron chi connectivity index (χ4n) is 4.91. The number of nitrogens with zero attached hydrogens (tertiary/aromatic N) is 4. The standard InChI is InChI=1S/C29H23F2N5O/c1-19-25-18-35(29(37)32-23-8-5-7-22(31)17-23)27(20-12-14-21(30)15-13-20)26-11-6-16-34(26)28(25)36(33-19)24-9-3-2-4-10-24/h2-17,27H,18H2,1H3,(H,32,37)/t27-/m0/s1. The predicted molar refractivity (Wildman–Crippen MR) is 137 cm³/mol. The molecule has 0 spiro atoms. The molecule has 0 saturated heterocycles. The lowest BCUT2D eigenvalue weighted by molar-refractivity contribution is 0.194. The molecule has 37 heavy (non-hydrogen) atoms. The summed E-state index contributed by atoms with van der Waals surface area (Å²) >= 11 is 0. The lowest BCUT2D eigenvalue weighted by Crippen LogP contribution is -2.38. The zero-order chi connectivity index (χ0) is 25.5. The molecule has 0 bridgehead atoms. The van der Waals surface area contributed by atoms with Crippen molar-refractivity contribution < 1.29 is 13.6 Å². The van der Waals surface area contributed by atoms with Crippen molar-refractivity contribution in [3.8, 4) is 11.5 Å². The van der Waals surface area contributed by atoms with Crippen LogP contribution in [0.5, 0.6) is 0 Å². The molecule has 1 aliphatic heterocycles. The van der Waals surface area contributed by atoms with Gasteiger partial charge in [0.1, 0.15) is 17.5 Å². The third kappa shape index (κ3) is 4.06. The molecule has 0 radical (unpaired) electrons. The number of hydrogen-bond acceptors (Lipinski definition) is 2. The highest BCUT2D eigenvalue weighted by atomic mass is 19.1. The number of benzene rings is 3. The van der Waals surface area contributed by atoms with Crippen LogP contribution in [0.15, 0.2) is 97.2 Å². The number of nitrogens with one attached hydrogen (secondary N) is 1. The molecule has 8 heteroatoms. The summed E-state index contributed by atoms with van der Waals surface area (Å²) in [4.78, 5) is 15.5. The van der Waals surface area contributed by atoms with Gasteiger partial charge in [0, 0.05) is 17.4 Å². The van der Waals surface area contributed by atoms with Crippen LogP contribution in [-0.4, -0.2) is 25.3 Å². The normalized spacial score (nSPS) is 14.6. The summed E-state index contributed by atoms with van der Waals surface area (Å²) in [6, 6.07) is 24.6. The number of amides is 2. The maximum atomic E-state index is 13.9. The van der Waals surface area contributed by atoms with E-state index in [0.29, 0.717) is 5.69 Å². The number of halogens is 2. The SMILES string of the molecule is Cc1nn(-c2ccccc2)c2c1CN(C(=O)Nc1cccc(F)c1)[C@@H](c1ccc(F)cc1)c1cccn1-2. The summed E-state index contributed by atoms with van der Waals surface area (Å²) in [6.45, 7) is 2.15. The van der Waals surface area contributed by atoms with Gasteiger partial charge in [-0.3, -0.25) is 0 Å². The van der Waals surface area contributed by atoms with Gasteiger partial charge in [0.15, 0.2) is 0 Å². The lowest BCUT2D eigenvalue weighted by Gasteiger charge is -2.31. The van der Waals surface area contributed by atoms with E-state index in [2.05, 4.69) is 5.32 Å². The molecule has 2 aromatic heterocycles. The van der Waals surface area contributed by atoms with Gasteiger partial charge in [-0.25, -0.2) is 18.3 Å². The molecule has 6 nitrogen and oxygen atoms in total. The Hall–Kier alpha value is -4.72. The van der Waals surface area contributed by atoms with E-state index in [1.807, 2.05) is 64.8 Å². The van der Waals surface area contributed by atoms with Crippen molar-refractivity contribution in [3.05, 3.63) is 131 Å². The molecular formula is C29H23F2N5O. The Kier molecular flexibility index (Phi) is 5.56. The third-order valence-corrected chi connectivity index (χ3v) is 6.61. The molecule has 0 fully saturated rings. The number of urea groups is 1. The number of hydrogen-bond donors (Lipinski definition) is 1. The monoisotopic (exact) mass is 495 g/mol. The maximum absolute atomic E-state index is 13.9. The number of anilines is 1. The van der Waals surface area contributed by atoms with Crippen molar-refractivity contribution >= 4 is 11.7 Å². The molecule has 0 aliphatic carbocycles. The van der Waals surface area contributed by atoms with E-state index in [-0.39, 0.29) is 12.4 Å². The molecule has 1 atom stereocenters. The first-order valence-electron chi connectivity index (χ1n) is 11.9. The summed E-state index contributed by atoms with van der Waals surface area (Å²) in [5, 5.41) is 7.66. The van der Waals surface area contributed by atoms with Crippen LogP contribution < -0.4 is 5.32 Å². The average Bonchev–Trinajstić information content (AvgIpc) is 3.46. The number of rotatable bonds is 3. The zero-order valence-corrected chi connectivity index (χ0v) is 20.0. The molecule has 3 heterocycles. The molecule has 1 aliphatic rings. The van der Waals surface area contributed by atoms with E-state index in [1.54, 1.807) is 29.2 Å². The number of carbonyl (C=O) groups is 1. The highest BCUT2D eigenvalue weighted by Crippen LogP contribution is 2.38. The highest BCUT2D eigenvalue weighted by Gasteiger charge is 2.36. The smallest absolute Gasteiger partial charge is 0.308 e. The number of carbonyl (C=O) groups excluding carboxylic acids is 1. The van der Waals surface area contributed by atoms with Gasteiger partial charge in [-0.15, -0.1) is 0 Å². The first-order valence-corrected chi connectivity index (χ1v) is 11.9. The molecule has 0 saturated carbocycles. The van der Waals surface area contributed by atoms with Crippen LogP contribution in [-0.2, 0) is 6.54 Å². The molecule has 6 rings (SSSR count). The first-order chi connectivity index (χ1) is 18.0. The summed E-state index contributed by atoms with van der Waals surface area (Å²) in [5.74, 6) is 0.0270. The molecule has 3 aromatic carbocycles. The minimum atomic E-state index is -0.541. The predicted octanol–water partition coefficient (Wildman–Crippen LogP) is 6.39. The maximum Gasteiger partial charge on any atom is 0.322 e. The van der Waals surface area contributed by atoms with Crippen molar-refractivity contribution in [2.75, 3.05) is 5.32 Å². The Labute approximate surface area is 212 Å². The van der Waals surface area contributed by atoms with Crippen LogP contribution in [0, 0.1) is 18.6 Å². The van der Waals surface area contributed by atoms with E-state index in [0.717, 1.165) is 34.0 Å². The molecule has 2 amide bonds. The second-order valence-corrected chi connectivity index (χ2v) is 8.96. The van der Waals surface area contributed by atoms with E-state index in [1.165, 1.54) is 24.3 Å². The van der Waals surface area contributed by atoms with Crippen molar-refractivity contribution in [2.24, 2.45) is 0 Å². The quantitative estimate of drug-likeness (QED) is 0.316. The van der Waals surface area contributed by atoms with Crippen molar-refractivity contribution in [3.63, 3.8) is 0 Å². The van der Waals surface area contributed by atoms with Crippen LogP contribution >= 0.6 is 0 Å². The van der Waals surface area contributed by atoms with Gasteiger partial charge in [-0.05, 0) is 67.1 Å². The van der Waals surface area contributed by atoms with Gasteiger partial charge in [0.2, 0.25) is 0 Å². The molecule has 184 valence electrons. The Bertz CT molecular complexity index is 1590. The summed E-state index contributed by atoms with van der Waals surface area (Å²) < 4.78 is 31.6. The Morgan fingerprint density at radius 1 is 0.919 bits per heavy atom. The fourth-order valence-corrected chi connectivity index (χ4v) is 4.91. The van der Waals surface area contributed by atoms with E-state index in [9.17, 15) is 13.6 Å². The van der Waals surface area contributed by atoms with Crippen LogP contribution in [0.4, 0.5) is 19.3 Å². The van der Waals surface area contributed by atoms with Crippen LogP contribution in [0.25, 0.3) is 11.5 Å². The summed E-state index contributed by atoms with van der Waals surface area (Å²) in [6.07, 6.45) is 1.94. The van der Waals surface area contributed by atoms with E-state index >= 15 is 0 Å². The fraction of sp³-hybridized carbons (Fsp3) is 0.103. The zero-order valence-electron chi connectivity index (χ0n) is 20.0. The second-order valence-electron chi connectivity index (χ2n) is 8.96. The number of fused-ring (bicyclic) bond motifs is 3. The lowest BCUT2D eigenvalue weighted by atomic mass is 10.0. The van der Waals surface area contributed by atoms with Crippen LogP contribution in [0.2, 0.25) is 0 Å². The van der Waals surface area contributed by atoms with Crippen molar-refractivity contribution in [2.45, 2.75) is 19.5 Å². The second kappa shape index (κ2) is 9.05. The van der Waals surface area contributed by atoms with Gasteiger partial charge < -0.3 is 14.8 Å². The minimum absolute atomic E-state index is 0.235. The summed E-state index contributed by atoms with van der Waals surface area (Å²) in [7, 11) is 0.